The van der Waals surface area contributed by atoms with E-state index < -0.39 is 0 Å². The molecule has 2 heterocycles. The van der Waals surface area contributed by atoms with Gasteiger partial charge in [-0.2, -0.15) is 0 Å². The average molecular weight is 336 g/mol. The molecule has 1 atom stereocenters. The first kappa shape index (κ1) is 13.3. The number of nitrogens with one attached hydrogen (secondary N) is 1. The van der Waals surface area contributed by atoms with Crippen molar-refractivity contribution in [2.24, 2.45) is 0 Å². The lowest BCUT2D eigenvalue weighted by molar-refractivity contribution is 0.120. The molecule has 1 saturated heterocycles. The molecule has 17 heavy (non-hydrogen) atoms. The molecule has 0 amide bonds. The van der Waals surface area contributed by atoms with Crippen LogP contribution in [0, 0.1) is 0 Å². The summed E-state index contributed by atoms with van der Waals surface area (Å²) in [6.07, 6.45) is 2.63. The molecule has 0 bridgehead atoms. The van der Waals surface area contributed by atoms with E-state index in [1.54, 1.807) is 23.1 Å². The molecule has 0 spiro atoms. The number of nitrogens with zero attached hydrogens (tertiary/aromatic N) is 2. The average Bonchev–Trinajstić information content (AvgIpc) is 2.95. The second kappa shape index (κ2) is 6.72. The van der Waals surface area contributed by atoms with Gasteiger partial charge in [-0.3, -0.25) is 0 Å². The van der Waals surface area contributed by atoms with E-state index in [1.165, 1.54) is 0 Å². The quantitative estimate of drug-likeness (QED) is 0.809. The maximum Gasteiger partial charge on any atom is 0.206 e. The van der Waals surface area contributed by atoms with Crippen LogP contribution in [0.25, 0.3) is 0 Å². The van der Waals surface area contributed by atoms with Crippen LogP contribution in [0.15, 0.2) is 15.4 Å². The van der Waals surface area contributed by atoms with Crippen molar-refractivity contribution in [1.82, 2.24) is 10.2 Å². The van der Waals surface area contributed by atoms with Crippen LogP contribution in [0.4, 0.5) is 5.13 Å². The van der Waals surface area contributed by atoms with Gasteiger partial charge in [-0.05, 0) is 17.3 Å². The van der Waals surface area contributed by atoms with Crippen LogP contribution < -0.4 is 5.32 Å². The summed E-state index contributed by atoms with van der Waals surface area (Å²) in [6, 6.07) is 0. The first-order chi connectivity index (χ1) is 8.24. The second-order valence-electron chi connectivity index (χ2n) is 3.69. The van der Waals surface area contributed by atoms with Gasteiger partial charge in [0, 0.05) is 18.9 Å². The number of halogens is 1. The molecule has 0 aromatic carbocycles. The number of hydrogen-bond acceptors (Lipinski definition) is 6. The molecule has 1 aliphatic rings. The molecule has 0 aliphatic carbocycles. The summed E-state index contributed by atoms with van der Waals surface area (Å²) in [4.78, 5) is 0. The van der Waals surface area contributed by atoms with Crippen LogP contribution in [0.5, 0.6) is 0 Å². The standard InChI is InChI=1S/C10H14BrN3OS2/c1-7(11)6-16-10-14-13-9(17-10)12-5-8-3-2-4-15-8/h8H,1-6H2,(H,12,13). The highest BCUT2D eigenvalue weighted by molar-refractivity contribution is 9.11. The Morgan fingerprint density at radius 3 is 3.24 bits per heavy atom. The van der Waals surface area contributed by atoms with Gasteiger partial charge in [-0.1, -0.05) is 45.6 Å². The molecular weight excluding hydrogens is 322 g/mol. The summed E-state index contributed by atoms with van der Waals surface area (Å²) in [7, 11) is 0. The van der Waals surface area contributed by atoms with Gasteiger partial charge in [0.2, 0.25) is 5.13 Å². The van der Waals surface area contributed by atoms with E-state index in [2.05, 4.69) is 38.0 Å². The lowest BCUT2D eigenvalue weighted by atomic mass is 10.2. The monoisotopic (exact) mass is 335 g/mol. The summed E-state index contributed by atoms with van der Waals surface area (Å²) in [6.45, 7) is 5.50. The van der Waals surface area contributed by atoms with E-state index >= 15 is 0 Å². The zero-order valence-corrected chi connectivity index (χ0v) is 12.5. The minimum Gasteiger partial charge on any atom is -0.376 e. The Hall–Kier alpha value is -0.110. The molecule has 94 valence electrons. The van der Waals surface area contributed by atoms with E-state index in [-0.39, 0.29) is 0 Å². The first-order valence-corrected chi connectivity index (χ1v) is 7.98. The van der Waals surface area contributed by atoms with E-state index in [0.29, 0.717) is 6.10 Å². The van der Waals surface area contributed by atoms with Gasteiger partial charge < -0.3 is 10.1 Å². The van der Waals surface area contributed by atoms with Gasteiger partial charge >= 0.3 is 0 Å². The van der Waals surface area contributed by atoms with Gasteiger partial charge in [-0.25, -0.2) is 0 Å². The van der Waals surface area contributed by atoms with Crippen molar-refractivity contribution in [1.29, 1.82) is 0 Å². The summed E-state index contributed by atoms with van der Waals surface area (Å²) in [5.41, 5.74) is 0. The van der Waals surface area contributed by atoms with Crippen LogP contribution in [0.3, 0.4) is 0 Å². The van der Waals surface area contributed by atoms with Crippen molar-refractivity contribution in [2.75, 3.05) is 24.2 Å². The van der Waals surface area contributed by atoms with Crippen molar-refractivity contribution in [3.63, 3.8) is 0 Å². The molecule has 7 heteroatoms. The summed E-state index contributed by atoms with van der Waals surface area (Å²) in [5, 5.41) is 12.3. The minimum atomic E-state index is 0.331. The van der Waals surface area contributed by atoms with E-state index in [0.717, 1.165) is 45.7 Å². The SMILES string of the molecule is C=C(Br)CSc1nnc(NCC2CCCO2)s1. The summed E-state index contributed by atoms with van der Waals surface area (Å²) >= 11 is 6.53. The number of aromatic nitrogens is 2. The number of anilines is 1. The normalized spacial score (nSPS) is 19.5. The Kier molecular flexibility index (Phi) is 5.27. The van der Waals surface area contributed by atoms with Crippen molar-refractivity contribution in [3.05, 3.63) is 11.1 Å². The number of hydrogen-bond donors (Lipinski definition) is 1. The van der Waals surface area contributed by atoms with Gasteiger partial charge in [0.05, 0.1) is 6.10 Å². The summed E-state index contributed by atoms with van der Waals surface area (Å²) < 4.78 is 7.45. The molecule has 1 fully saturated rings. The molecule has 1 N–H and O–H groups in total. The van der Waals surface area contributed by atoms with Crippen LogP contribution in [-0.2, 0) is 4.74 Å². The molecule has 1 aromatic heterocycles. The zero-order valence-electron chi connectivity index (χ0n) is 9.32. The highest BCUT2D eigenvalue weighted by Crippen LogP contribution is 2.27. The Morgan fingerprint density at radius 2 is 2.53 bits per heavy atom. The van der Waals surface area contributed by atoms with Crippen LogP contribution in [0.1, 0.15) is 12.8 Å². The second-order valence-corrected chi connectivity index (χ2v) is 7.02. The number of rotatable bonds is 6. The van der Waals surface area contributed by atoms with Crippen LogP contribution in [0.2, 0.25) is 0 Å². The Balaban J connectivity index is 1.75. The predicted molar refractivity (Wildman–Crippen MR) is 76.2 cm³/mol. The maximum atomic E-state index is 5.53. The van der Waals surface area contributed by atoms with Gasteiger partial charge in [-0.15, -0.1) is 10.2 Å². The molecule has 0 saturated carbocycles. The van der Waals surface area contributed by atoms with Crippen LogP contribution >= 0.6 is 39.0 Å². The lowest BCUT2D eigenvalue weighted by Gasteiger charge is -2.08. The molecule has 1 unspecified atom stereocenters. The summed E-state index contributed by atoms with van der Waals surface area (Å²) in [5.74, 6) is 0.820. The Bertz CT molecular complexity index is 379. The molecule has 0 radical (unpaired) electrons. The van der Waals surface area contributed by atoms with Gasteiger partial charge in [0.15, 0.2) is 4.34 Å². The van der Waals surface area contributed by atoms with E-state index in [4.69, 9.17) is 4.74 Å². The Labute approximate surface area is 117 Å². The largest absolute Gasteiger partial charge is 0.376 e. The van der Waals surface area contributed by atoms with Gasteiger partial charge in [0.1, 0.15) is 0 Å². The third-order valence-electron chi connectivity index (χ3n) is 2.26. The first-order valence-electron chi connectivity index (χ1n) is 5.39. The molecule has 1 aromatic rings. The third-order valence-corrected chi connectivity index (χ3v) is 5.02. The third kappa shape index (κ3) is 4.57. The van der Waals surface area contributed by atoms with Crippen molar-refractivity contribution >= 4 is 44.2 Å². The number of thioether (sulfide) groups is 1. The molecular formula is C10H14BrN3OS2. The van der Waals surface area contributed by atoms with Crippen LogP contribution in [-0.4, -0.2) is 35.2 Å². The molecule has 1 aliphatic heterocycles. The maximum absolute atomic E-state index is 5.53. The van der Waals surface area contributed by atoms with Gasteiger partial charge in [0.25, 0.3) is 0 Å². The minimum absolute atomic E-state index is 0.331. The highest BCUT2D eigenvalue weighted by atomic mass is 79.9. The molecule has 2 rings (SSSR count). The fourth-order valence-corrected chi connectivity index (χ4v) is 3.34. The molecule has 4 nitrogen and oxygen atoms in total. The fourth-order valence-electron chi connectivity index (χ4n) is 1.49. The fraction of sp³-hybridized carbons (Fsp3) is 0.600. The van der Waals surface area contributed by atoms with Crippen molar-refractivity contribution in [2.45, 2.75) is 23.3 Å². The van der Waals surface area contributed by atoms with Crippen molar-refractivity contribution in [3.8, 4) is 0 Å². The smallest absolute Gasteiger partial charge is 0.206 e. The topological polar surface area (TPSA) is 47.0 Å². The zero-order chi connectivity index (χ0) is 12.1. The highest BCUT2D eigenvalue weighted by Gasteiger charge is 2.15. The Morgan fingerprint density at radius 1 is 1.65 bits per heavy atom. The number of ether oxygens (including phenoxy) is 1. The van der Waals surface area contributed by atoms with Crippen molar-refractivity contribution < 1.29 is 4.74 Å². The lowest BCUT2D eigenvalue weighted by Crippen LogP contribution is -2.18. The predicted octanol–water partition coefficient (Wildman–Crippen LogP) is 3.13. The van der Waals surface area contributed by atoms with E-state index in [9.17, 15) is 0 Å². The van der Waals surface area contributed by atoms with E-state index in [1.807, 2.05) is 0 Å².